The highest BCUT2D eigenvalue weighted by Gasteiger charge is 2.17. The van der Waals surface area contributed by atoms with Crippen LogP contribution in [0.1, 0.15) is 19.8 Å². The summed E-state index contributed by atoms with van der Waals surface area (Å²) in [5, 5.41) is 0. The van der Waals surface area contributed by atoms with Gasteiger partial charge < -0.3 is 10.5 Å². The van der Waals surface area contributed by atoms with Gasteiger partial charge in [0.2, 0.25) is 10.0 Å². The van der Waals surface area contributed by atoms with Gasteiger partial charge in [0.1, 0.15) is 10.7 Å². The van der Waals surface area contributed by atoms with E-state index in [4.69, 9.17) is 10.5 Å². The second kappa shape index (κ2) is 7.42. The maximum atomic E-state index is 13.0. The number of halogens is 1. The molecule has 7 heteroatoms. The van der Waals surface area contributed by atoms with E-state index in [-0.39, 0.29) is 23.7 Å². The Morgan fingerprint density at radius 1 is 1.37 bits per heavy atom. The number of nitrogens with two attached hydrogens (primary N) is 1. The molecule has 0 saturated heterocycles. The third-order valence-electron chi connectivity index (χ3n) is 2.45. The van der Waals surface area contributed by atoms with Crippen molar-refractivity contribution in [1.82, 2.24) is 4.72 Å². The van der Waals surface area contributed by atoms with E-state index < -0.39 is 15.8 Å². The van der Waals surface area contributed by atoms with Crippen molar-refractivity contribution in [2.45, 2.75) is 24.7 Å². The van der Waals surface area contributed by atoms with Gasteiger partial charge in [-0.05, 0) is 24.6 Å². The third kappa shape index (κ3) is 5.14. The Morgan fingerprint density at radius 3 is 2.79 bits per heavy atom. The predicted molar refractivity (Wildman–Crippen MR) is 71.7 cm³/mol. The van der Waals surface area contributed by atoms with Gasteiger partial charge in [0.15, 0.2) is 0 Å². The topological polar surface area (TPSA) is 81.4 Å². The van der Waals surface area contributed by atoms with Crippen LogP contribution in [-0.2, 0) is 14.8 Å². The summed E-state index contributed by atoms with van der Waals surface area (Å²) in [6.07, 6.45) is 1.95. The molecule has 19 heavy (non-hydrogen) atoms. The van der Waals surface area contributed by atoms with Crippen LogP contribution < -0.4 is 10.5 Å². The normalized spacial score (nSPS) is 11.7. The molecule has 1 aromatic rings. The number of nitrogen functional groups attached to an aromatic ring is 1. The summed E-state index contributed by atoms with van der Waals surface area (Å²) in [5.41, 5.74) is 5.54. The van der Waals surface area contributed by atoms with E-state index in [1.807, 2.05) is 6.92 Å². The summed E-state index contributed by atoms with van der Waals surface area (Å²) in [6, 6.07) is 3.24. The fourth-order valence-electron chi connectivity index (χ4n) is 1.42. The first-order chi connectivity index (χ1) is 8.97. The Kier molecular flexibility index (Phi) is 6.20. The van der Waals surface area contributed by atoms with E-state index in [1.54, 1.807) is 0 Å². The average Bonchev–Trinajstić information content (AvgIpc) is 2.36. The standard InChI is InChI=1S/C12H19FN2O3S/c1-2-3-7-18-8-6-15-19(16,17)12-9-10(13)4-5-11(12)14/h4-5,9,15H,2-3,6-8,14H2,1H3. The number of ether oxygens (including phenoxy) is 1. The zero-order chi connectivity index (χ0) is 14.3. The Morgan fingerprint density at radius 2 is 2.11 bits per heavy atom. The van der Waals surface area contributed by atoms with Crippen molar-refractivity contribution >= 4 is 15.7 Å². The molecule has 3 N–H and O–H groups in total. The number of nitrogens with one attached hydrogen (secondary N) is 1. The van der Waals surface area contributed by atoms with Crippen LogP contribution in [0.2, 0.25) is 0 Å². The van der Waals surface area contributed by atoms with Crippen molar-refractivity contribution in [1.29, 1.82) is 0 Å². The van der Waals surface area contributed by atoms with Gasteiger partial charge in [-0.3, -0.25) is 0 Å². The van der Waals surface area contributed by atoms with Crippen LogP contribution in [0.4, 0.5) is 10.1 Å². The molecule has 0 spiro atoms. The highest BCUT2D eigenvalue weighted by atomic mass is 32.2. The average molecular weight is 290 g/mol. The number of unbranched alkanes of at least 4 members (excludes halogenated alkanes) is 1. The lowest BCUT2D eigenvalue weighted by molar-refractivity contribution is 0.136. The SMILES string of the molecule is CCCCOCCNS(=O)(=O)c1cc(F)ccc1N. The van der Waals surface area contributed by atoms with Crippen LogP contribution in [0.5, 0.6) is 0 Å². The fraction of sp³-hybridized carbons (Fsp3) is 0.500. The quantitative estimate of drug-likeness (QED) is 0.561. The highest BCUT2D eigenvalue weighted by molar-refractivity contribution is 7.89. The van der Waals surface area contributed by atoms with E-state index >= 15 is 0 Å². The van der Waals surface area contributed by atoms with Gasteiger partial charge in [-0.1, -0.05) is 13.3 Å². The molecule has 0 heterocycles. The van der Waals surface area contributed by atoms with Crippen LogP contribution >= 0.6 is 0 Å². The lowest BCUT2D eigenvalue weighted by Crippen LogP contribution is -2.28. The van der Waals surface area contributed by atoms with Crippen molar-refractivity contribution < 1.29 is 17.5 Å². The summed E-state index contributed by atoms with van der Waals surface area (Å²) < 4.78 is 44.3. The minimum absolute atomic E-state index is 0.0146. The van der Waals surface area contributed by atoms with Gasteiger partial charge in [0, 0.05) is 13.2 Å². The number of benzene rings is 1. The summed E-state index contributed by atoms with van der Waals surface area (Å²) in [6.45, 7) is 3.04. The molecule has 108 valence electrons. The summed E-state index contributed by atoms with van der Waals surface area (Å²) >= 11 is 0. The zero-order valence-electron chi connectivity index (χ0n) is 10.9. The maximum absolute atomic E-state index is 13.0. The van der Waals surface area contributed by atoms with E-state index in [9.17, 15) is 12.8 Å². The molecule has 0 aliphatic rings. The second-order valence-electron chi connectivity index (χ2n) is 4.05. The number of hydrogen-bond acceptors (Lipinski definition) is 4. The lowest BCUT2D eigenvalue weighted by atomic mass is 10.3. The number of hydrogen-bond donors (Lipinski definition) is 2. The van der Waals surface area contributed by atoms with E-state index in [0.717, 1.165) is 25.0 Å². The fourth-order valence-corrected chi connectivity index (χ4v) is 2.57. The molecule has 0 atom stereocenters. The Bertz CT molecular complexity index is 506. The first-order valence-electron chi connectivity index (χ1n) is 6.10. The van der Waals surface area contributed by atoms with E-state index in [2.05, 4.69) is 4.72 Å². The Balaban J connectivity index is 2.54. The molecule has 0 aliphatic carbocycles. The van der Waals surface area contributed by atoms with Crippen molar-refractivity contribution in [2.24, 2.45) is 0 Å². The van der Waals surface area contributed by atoms with Crippen LogP contribution in [0.15, 0.2) is 23.1 Å². The van der Waals surface area contributed by atoms with E-state index in [0.29, 0.717) is 6.61 Å². The van der Waals surface area contributed by atoms with Crippen LogP contribution in [0.3, 0.4) is 0 Å². The van der Waals surface area contributed by atoms with E-state index in [1.165, 1.54) is 6.07 Å². The van der Waals surface area contributed by atoms with Gasteiger partial charge in [0.25, 0.3) is 0 Å². The second-order valence-corrected chi connectivity index (χ2v) is 5.78. The summed E-state index contributed by atoms with van der Waals surface area (Å²) in [7, 11) is -3.80. The number of sulfonamides is 1. The maximum Gasteiger partial charge on any atom is 0.242 e. The molecule has 0 bridgehead atoms. The lowest BCUT2D eigenvalue weighted by Gasteiger charge is -2.09. The molecule has 0 saturated carbocycles. The molecule has 0 radical (unpaired) electrons. The molecular formula is C12H19FN2O3S. The molecule has 0 unspecified atom stereocenters. The van der Waals surface area contributed by atoms with Crippen molar-refractivity contribution in [2.75, 3.05) is 25.5 Å². The highest BCUT2D eigenvalue weighted by Crippen LogP contribution is 2.18. The molecule has 0 fully saturated rings. The molecule has 5 nitrogen and oxygen atoms in total. The smallest absolute Gasteiger partial charge is 0.242 e. The van der Waals surface area contributed by atoms with Crippen LogP contribution in [0, 0.1) is 5.82 Å². The largest absolute Gasteiger partial charge is 0.398 e. The first-order valence-corrected chi connectivity index (χ1v) is 7.58. The van der Waals surface area contributed by atoms with Gasteiger partial charge in [-0.15, -0.1) is 0 Å². The molecule has 0 aromatic heterocycles. The predicted octanol–water partition coefficient (Wildman–Crippen LogP) is 1.50. The van der Waals surface area contributed by atoms with Gasteiger partial charge in [-0.25, -0.2) is 17.5 Å². The molecule has 1 aromatic carbocycles. The summed E-state index contributed by atoms with van der Waals surface area (Å²) in [4.78, 5) is -0.249. The van der Waals surface area contributed by atoms with Gasteiger partial charge >= 0.3 is 0 Å². The van der Waals surface area contributed by atoms with Crippen molar-refractivity contribution in [3.05, 3.63) is 24.0 Å². The monoisotopic (exact) mass is 290 g/mol. The molecule has 0 amide bonds. The Labute approximate surface area is 113 Å². The zero-order valence-corrected chi connectivity index (χ0v) is 11.7. The molecular weight excluding hydrogens is 271 g/mol. The number of rotatable bonds is 8. The third-order valence-corrected chi connectivity index (χ3v) is 3.96. The minimum atomic E-state index is -3.80. The van der Waals surface area contributed by atoms with Crippen LogP contribution in [-0.4, -0.2) is 28.2 Å². The van der Waals surface area contributed by atoms with Crippen molar-refractivity contribution in [3.8, 4) is 0 Å². The van der Waals surface area contributed by atoms with Crippen molar-refractivity contribution in [3.63, 3.8) is 0 Å². The summed E-state index contributed by atoms with van der Waals surface area (Å²) in [5.74, 6) is -0.645. The van der Waals surface area contributed by atoms with Gasteiger partial charge in [0.05, 0.1) is 12.3 Å². The first kappa shape index (κ1) is 15.9. The van der Waals surface area contributed by atoms with Gasteiger partial charge in [-0.2, -0.15) is 0 Å². The molecule has 1 rings (SSSR count). The number of anilines is 1. The minimum Gasteiger partial charge on any atom is -0.398 e. The van der Waals surface area contributed by atoms with Crippen LogP contribution in [0.25, 0.3) is 0 Å². The Hall–Kier alpha value is -1.18. The molecule has 0 aliphatic heterocycles.